The lowest BCUT2D eigenvalue weighted by atomic mass is 9.96. The molecule has 29 heavy (non-hydrogen) atoms. The zero-order valence-corrected chi connectivity index (χ0v) is 19.3. The summed E-state index contributed by atoms with van der Waals surface area (Å²) in [6.07, 6.45) is -3.65. The number of nitrogens with one attached hydrogen (secondary N) is 2. The van der Waals surface area contributed by atoms with Gasteiger partial charge in [0.15, 0.2) is 11.7 Å². The molecule has 1 unspecified atom stereocenters. The van der Waals surface area contributed by atoms with Crippen LogP contribution in [0.5, 0.6) is 0 Å². The molecule has 5 nitrogen and oxygen atoms in total. The molecule has 0 saturated heterocycles. The quantitative estimate of drug-likeness (QED) is 0.294. The molecule has 1 aromatic carbocycles. The second-order valence-electron chi connectivity index (χ2n) is 7.04. The van der Waals surface area contributed by atoms with Gasteiger partial charge < -0.3 is 15.2 Å². The van der Waals surface area contributed by atoms with Crippen molar-refractivity contribution in [3.05, 3.63) is 52.9 Å². The topological polar surface area (TPSA) is 62.5 Å². The first kappa shape index (κ1) is 25.3. The Morgan fingerprint density at radius 1 is 1.17 bits per heavy atom. The Morgan fingerprint density at radius 2 is 1.90 bits per heavy atom. The summed E-state index contributed by atoms with van der Waals surface area (Å²) in [5, 5.41) is 10.3. The highest BCUT2D eigenvalue weighted by Gasteiger charge is 2.30. The van der Waals surface area contributed by atoms with E-state index in [0.29, 0.717) is 42.7 Å². The highest BCUT2D eigenvalue weighted by atomic mass is 127. The number of aromatic nitrogens is 1. The molecule has 0 saturated carbocycles. The lowest BCUT2D eigenvalue weighted by Crippen LogP contribution is -2.37. The summed E-state index contributed by atoms with van der Waals surface area (Å²) in [7, 11) is 1.66. The average molecular weight is 524 g/mol. The van der Waals surface area contributed by atoms with Gasteiger partial charge in [0.2, 0.25) is 0 Å². The average Bonchev–Trinajstić information content (AvgIpc) is 3.13. The Labute approximate surface area is 186 Å². The van der Waals surface area contributed by atoms with Gasteiger partial charge in [0.25, 0.3) is 0 Å². The molecule has 0 spiro atoms. The Morgan fingerprint density at radius 3 is 2.48 bits per heavy atom. The van der Waals surface area contributed by atoms with Crippen molar-refractivity contribution >= 4 is 29.9 Å². The molecule has 1 atom stereocenters. The van der Waals surface area contributed by atoms with Gasteiger partial charge in [-0.2, -0.15) is 13.2 Å². The highest BCUT2D eigenvalue weighted by molar-refractivity contribution is 14.0. The molecule has 2 rings (SSSR count). The molecular weight excluding hydrogens is 496 g/mol. The zero-order chi connectivity index (χ0) is 20.7. The van der Waals surface area contributed by atoms with Crippen molar-refractivity contribution in [1.29, 1.82) is 0 Å². The van der Waals surface area contributed by atoms with Gasteiger partial charge in [0.1, 0.15) is 0 Å². The number of alkyl halides is 3. The van der Waals surface area contributed by atoms with Crippen LogP contribution >= 0.6 is 24.0 Å². The van der Waals surface area contributed by atoms with Gasteiger partial charge in [-0.1, -0.05) is 44.1 Å². The number of rotatable bonds is 7. The van der Waals surface area contributed by atoms with Gasteiger partial charge in [0.05, 0.1) is 17.8 Å². The van der Waals surface area contributed by atoms with E-state index in [9.17, 15) is 13.2 Å². The SMILES string of the molecule is CN=C(NCCC(C)c1cccc(C(F)(F)F)c1)NCc1cc(C(C)C)no1.I. The number of hydrogen-bond donors (Lipinski definition) is 2. The molecule has 0 fully saturated rings. The van der Waals surface area contributed by atoms with E-state index in [1.165, 1.54) is 12.1 Å². The summed E-state index contributed by atoms with van der Waals surface area (Å²) < 4.78 is 43.8. The third-order valence-corrected chi connectivity index (χ3v) is 4.48. The largest absolute Gasteiger partial charge is 0.416 e. The molecule has 1 heterocycles. The monoisotopic (exact) mass is 524 g/mol. The maximum atomic E-state index is 12.9. The van der Waals surface area contributed by atoms with Gasteiger partial charge in [-0.15, -0.1) is 24.0 Å². The lowest BCUT2D eigenvalue weighted by molar-refractivity contribution is -0.137. The van der Waals surface area contributed by atoms with E-state index in [2.05, 4.69) is 20.8 Å². The fourth-order valence-electron chi connectivity index (χ4n) is 2.67. The summed E-state index contributed by atoms with van der Waals surface area (Å²) in [4.78, 5) is 4.14. The molecular formula is C20H28F3IN4O. The first-order chi connectivity index (χ1) is 13.2. The molecule has 0 amide bonds. The number of hydrogen-bond acceptors (Lipinski definition) is 3. The van der Waals surface area contributed by atoms with Crippen molar-refractivity contribution in [2.24, 2.45) is 4.99 Å². The van der Waals surface area contributed by atoms with E-state index < -0.39 is 11.7 Å². The molecule has 0 radical (unpaired) electrons. The van der Waals surface area contributed by atoms with E-state index >= 15 is 0 Å². The predicted molar refractivity (Wildman–Crippen MR) is 119 cm³/mol. The van der Waals surface area contributed by atoms with Gasteiger partial charge in [-0.25, -0.2) is 0 Å². The van der Waals surface area contributed by atoms with Crippen LogP contribution in [-0.2, 0) is 12.7 Å². The predicted octanol–water partition coefficient (Wildman–Crippen LogP) is 5.29. The molecule has 0 aliphatic heterocycles. The molecule has 2 aromatic rings. The van der Waals surface area contributed by atoms with E-state index in [-0.39, 0.29) is 29.9 Å². The molecule has 2 N–H and O–H groups in total. The minimum Gasteiger partial charge on any atom is -0.359 e. The molecule has 1 aromatic heterocycles. The molecule has 9 heteroatoms. The number of halogens is 4. The highest BCUT2D eigenvalue weighted by Crippen LogP contribution is 2.31. The Kier molecular flexibility index (Phi) is 9.94. The van der Waals surface area contributed by atoms with Crippen LogP contribution in [0.4, 0.5) is 13.2 Å². The summed E-state index contributed by atoms with van der Waals surface area (Å²) in [6.45, 7) is 7.02. The van der Waals surface area contributed by atoms with Crippen LogP contribution in [0.2, 0.25) is 0 Å². The van der Waals surface area contributed by atoms with E-state index in [1.54, 1.807) is 13.1 Å². The maximum Gasteiger partial charge on any atom is 0.416 e. The molecule has 162 valence electrons. The smallest absolute Gasteiger partial charge is 0.359 e. The van der Waals surface area contributed by atoms with Gasteiger partial charge in [0, 0.05) is 19.7 Å². The summed E-state index contributed by atoms with van der Waals surface area (Å²) in [5.74, 6) is 1.59. The second kappa shape index (κ2) is 11.4. The standard InChI is InChI=1S/C20H27F3N4O.HI/c1-13(2)18-11-17(28-27-18)12-26-19(24-4)25-9-8-14(3)15-6-5-7-16(10-15)20(21,22)23;/h5-7,10-11,13-14H,8-9,12H2,1-4H3,(H2,24,25,26);1H. The zero-order valence-electron chi connectivity index (χ0n) is 17.0. The van der Waals surface area contributed by atoms with E-state index in [1.807, 2.05) is 26.8 Å². The van der Waals surface area contributed by atoms with Gasteiger partial charge in [-0.05, 0) is 29.9 Å². The number of benzene rings is 1. The van der Waals surface area contributed by atoms with Gasteiger partial charge in [-0.3, -0.25) is 4.99 Å². The first-order valence-electron chi connectivity index (χ1n) is 9.28. The van der Waals surface area contributed by atoms with Crippen LogP contribution < -0.4 is 10.6 Å². The Hall–Kier alpha value is -1.78. The summed E-state index contributed by atoms with van der Waals surface area (Å²) in [5.41, 5.74) is 0.951. The van der Waals surface area contributed by atoms with Gasteiger partial charge >= 0.3 is 6.18 Å². The van der Waals surface area contributed by atoms with Crippen LogP contribution in [-0.4, -0.2) is 24.7 Å². The van der Waals surface area contributed by atoms with E-state index in [4.69, 9.17) is 4.52 Å². The van der Waals surface area contributed by atoms with Crippen molar-refractivity contribution in [3.63, 3.8) is 0 Å². The number of aliphatic imine (C=N–C) groups is 1. The van der Waals surface area contributed by atoms with Crippen molar-refractivity contribution in [2.45, 2.75) is 51.7 Å². The Bertz CT molecular complexity index is 790. The van der Waals surface area contributed by atoms with Crippen molar-refractivity contribution in [1.82, 2.24) is 15.8 Å². The molecule has 0 aliphatic rings. The Balaban J connectivity index is 0.00000420. The molecule has 0 bridgehead atoms. The number of guanidine groups is 1. The fourth-order valence-corrected chi connectivity index (χ4v) is 2.67. The van der Waals surface area contributed by atoms with Crippen LogP contribution in [0.15, 0.2) is 39.8 Å². The van der Waals surface area contributed by atoms with Crippen LogP contribution in [0, 0.1) is 0 Å². The minimum atomic E-state index is -4.32. The minimum absolute atomic E-state index is 0. The summed E-state index contributed by atoms with van der Waals surface area (Å²) in [6, 6.07) is 7.39. The van der Waals surface area contributed by atoms with Crippen LogP contribution in [0.3, 0.4) is 0 Å². The van der Waals surface area contributed by atoms with Crippen molar-refractivity contribution < 1.29 is 17.7 Å². The number of nitrogens with zero attached hydrogens (tertiary/aromatic N) is 2. The second-order valence-corrected chi connectivity index (χ2v) is 7.04. The van der Waals surface area contributed by atoms with Crippen LogP contribution in [0.25, 0.3) is 0 Å². The fraction of sp³-hybridized carbons (Fsp3) is 0.500. The summed E-state index contributed by atoms with van der Waals surface area (Å²) >= 11 is 0. The van der Waals surface area contributed by atoms with E-state index in [0.717, 1.165) is 11.8 Å². The maximum absolute atomic E-state index is 12.9. The molecule has 0 aliphatic carbocycles. The van der Waals surface area contributed by atoms with Crippen LogP contribution in [0.1, 0.15) is 61.6 Å². The van der Waals surface area contributed by atoms with Crippen molar-refractivity contribution in [3.8, 4) is 0 Å². The van der Waals surface area contributed by atoms with Crippen molar-refractivity contribution in [2.75, 3.05) is 13.6 Å². The third kappa shape index (κ3) is 7.87. The lowest BCUT2D eigenvalue weighted by Gasteiger charge is -2.16. The first-order valence-corrected chi connectivity index (χ1v) is 9.28. The third-order valence-electron chi connectivity index (χ3n) is 4.48. The normalized spacial score (nSPS) is 13.2.